The van der Waals surface area contributed by atoms with Crippen LogP contribution in [0.1, 0.15) is 0 Å². The number of nitrogens with one attached hydrogen (secondary N) is 1. The van der Waals surface area contributed by atoms with Crippen LogP contribution >= 0.6 is 0 Å². The third-order valence-electron chi connectivity index (χ3n) is 12.2. The topological polar surface area (TPSA) is 20.2 Å². The van der Waals surface area contributed by atoms with Gasteiger partial charge in [0.2, 0.25) is 0 Å². The Kier molecular flexibility index (Phi) is 5.22. The summed E-state index contributed by atoms with van der Waals surface area (Å²) in [5.41, 5.74) is 16.9. The molecule has 0 aliphatic carbocycles. The van der Waals surface area contributed by atoms with Gasteiger partial charge in [-0.05, 0) is 85.2 Å². The third kappa shape index (κ3) is 3.59. The van der Waals surface area contributed by atoms with E-state index in [2.05, 4.69) is 173 Å². The number of benzene rings is 9. The second-order valence-corrected chi connectivity index (χ2v) is 14.9. The predicted octanol–water partition coefficient (Wildman–Crippen LogP) is 11.5. The molecule has 4 heterocycles. The van der Waals surface area contributed by atoms with Crippen LogP contribution in [0.3, 0.4) is 0 Å². The number of rotatable bonds is 3. The quantitative estimate of drug-likeness (QED) is 0.181. The van der Waals surface area contributed by atoms with E-state index in [0.717, 1.165) is 7.28 Å². The van der Waals surface area contributed by atoms with Crippen LogP contribution in [-0.2, 0) is 0 Å². The van der Waals surface area contributed by atoms with Crippen LogP contribution in [0.5, 0.6) is 0 Å². The zero-order valence-electron chi connectivity index (χ0n) is 28.7. The van der Waals surface area contributed by atoms with E-state index in [-0.39, 0.29) is 0 Å². The highest BCUT2D eigenvalue weighted by Crippen LogP contribution is 2.47. The van der Waals surface area contributed by atoms with Gasteiger partial charge in [0, 0.05) is 54.4 Å². The lowest BCUT2D eigenvalue weighted by Crippen LogP contribution is -2.34. The number of para-hydroxylation sites is 1. The highest BCUT2D eigenvalue weighted by Gasteiger charge is 2.31. The average molecular weight is 669 g/mol. The molecule has 242 valence electrons. The standard InChI is InChI=1S/C50H29BN2/c1-3-12-28(13-4-1)32-23-39-40-24-33(29-14-5-2-6-15-29)26-42-49(40)53-48(39)41(25-32)45-35-19-10-9-18-34(35)44(46(51-42)50(45)53)37-21-11-20-36-38-22-30-16-7-8-17-31(30)27-43(38)52-47(36)37/h1-27,51-52H. The van der Waals surface area contributed by atoms with Gasteiger partial charge in [-0.25, -0.2) is 0 Å². The zero-order chi connectivity index (χ0) is 34.4. The van der Waals surface area contributed by atoms with Gasteiger partial charge in [0.1, 0.15) is 0 Å². The van der Waals surface area contributed by atoms with Crippen LogP contribution in [0.4, 0.5) is 0 Å². The average Bonchev–Trinajstić information content (AvgIpc) is 3.88. The molecule has 0 amide bonds. The first-order valence-electron chi connectivity index (χ1n) is 18.6. The Labute approximate surface area is 305 Å². The van der Waals surface area contributed by atoms with Crippen molar-refractivity contribution in [2.45, 2.75) is 0 Å². The maximum absolute atomic E-state index is 3.94. The van der Waals surface area contributed by atoms with Crippen molar-refractivity contribution in [2.24, 2.45) is 0 Å². The minimum atomic E-state index is 0.867. The molecule has 0 saturated carbocycles. The monoisotopic (exact) mass is 668 g/mol. The minimum Gasteiger partial charge on any atom is -0.354 e. The SMILES string of the molecule is B1c2cc(-c3ccccc3)cc3c4cc(-c5ccccc5)cc5c6c7ccccc7c(-c7cccc8c7[nH]c7cc9ccccc9cc78)c1c6n(c23)c45. The van der Waals surface area contributed by atoms with Crippen molar-refractivity contribution in [1.29, 1.82) is 0 Å². The Hall–Kier alpha value is -6.84. The molecule has 0 atom stereocenters. The Bertz CT molecular complexity index is 3520. The van der Waals surface area contributed by atoms with Crippen LogP contribution in [0.15, 0.2) is 164 Å². The molecule has 3 heteroatoms. The van der Waals surface area contributed by atoms with Gasteiger partial charge in [-0.3, -0.25) is 0 Å². The normalized spacial score (nSPS) is 12.7. The van der Waals surface area contributed by atoms with Crippen molar-refractivity contribution in [3.8, 4) is 33.4 Å². The fourth-order valence-electron chi connectivity index (χ4n) is 9.99. The van der Waals surface area contributed by atoms with Crippen molar-refractivity contribution in [1.82, 2.24) is 9.38 Å². The summed E-state index contributed by atoms with van der Waals surface area (Å²) in [5.74, 6) is 0. The van der Waals surface area contributed by atoms with E-state index < -0.39 is 0 Å². The number of hydrogen-bond acceptors (Lipinski definition) is 0. The number of aromatic nitrogens is 2. The molecule has 2 nitrogen and oxygen atoms in total. The summed E-state index contributed by atoms with van der Waals surface area (Å²) in [5, 5.41) is 13.0. The maximum atomic E-state index is 3.94. The molecule has 0 spiro atoms. The minimum absolute atomic E-state index is 0.867. The van der Waals surface area contributed by atoms with Crippen molar-refractivity contribution >= 4 is 99.7 Å². The molecular formula is C50H29BN2. The van der Waals surface area contributed by atoms with Crippen LogP contribution in [0.2, 0.25) is 0 Å². The van der Waals surface area contributed by atoms with E-state index in [1.54, 1.807) is 0 Å². The summed E-state index contributed by atoms with van der Waals surface area (Å²) in [6, 6.07) is 61.0. The lowest BCUT2D eigenvalue weighted by molar-refractivity contribution is 1.38. The largest absolute Gasteiger partial charge is 0.354 e. The molecule has 1 aliphatic rings. The molecule has 1 N–H and O–H groups in total. The first kappa shape index (κ1) is 27.8. The molecule has 12 aromatic rings. The molecular weight excluding hydrogens is 639 g/mol. The van der Waals surface area contributed by atoms with Crippen molar-refractivity contribution in [3.05, 3.63) is 164 Å². The van der Waals surface area contributed by atoms with Gasteiger partial charge in [-0.2, -0.15) is 0 Å². The van der Waals surface area contributed by atoms with Crippen molar-refractivity contribution in [3.63, 3.8) is 0 Å². The molecule has 0 fully saturated rings. The summed E-state index contributed by atoms with van der Waals surface area (Å²) in [7, 11) is 0.867. The predicted molar refractivity (Wildman–Crippen MR) is 228 cm³/mol. The molecule has 1 aliphatic heterocycles. The van der Waals surface area contributed by atoms with E-state index in [9.17, 15) is 0 Å². The molecule has 0 bridgehead atoms. The fraction of sp³-hybridized carbons (Fsp3) is 0. The first-order chi connectivity index (χ1) is 26.3. The summed E-state index contributed by atoms with van der Waals surface area (Å²) in [4.78, 5) is 3.94. The van der Waals surface area contributed by atoms with Gasteiger partial charge < -0.3 is 9.38 Å². The highest BCUT2D eigenvalue weighted by molar-refractivity contribution is 6.76. The van der Waals surface area contributed by atoms with E-state index in [1.165, 1.54) is 126 Å². The van der Waals surface area contributed by atoms with Gasteiger partial charge in [0.05, 0.1) is 11.0 Å². The van der Waals surface area contributed by atoms with E-state index in [4.69, 9.17) is 0 Å². The Morgan fingerprint density at radius 1 is 0.415 bits per heavy atom. The summed E-state index contributed by atoms with van der Waals surface area (Å²) in [6.07, 6.45) is 0. The first-order valence-corrected chi connectivity index (χ1v) is 18.6. The van der Waals surface area contributed by atoms with Crippen LogP contribution < -0.4 is 10.9 Å². The van der Waals surface area contributed by atoms with Crippen LogP contribution in [-0.4, -0.2) is 16.7 Å². The number of aromatic amines is 1. The highest BCUT2D eigenvalue weighted by atomic mass is 14.9. The van der Waals surface area contributed by atoms with Gasteiger partial charge in [-0.1, -0.05) is 139 Å². The van der Waals surface area contributed by atoms with E-state index in [1.807, 2.05) is 0 Å². The fourth-order valence-corrected chi connectivity index (χ4v) is 9.99. The Morgan fingerprint density at radius 3 is 1.81 bits per heavy atom. The van der Waals surface area contributed by atoms with Gasteiger partial charge >= 0.3 is 0 Å². The van der Waals surface area contributed by atoms with Crippen LogP contribution in [0, 0.1) is 0 Å². The van der Waals surface area contributed by atoms with Gasteiger partial charge in [-0.15, -0.1) is 0 Å². The number of fused-ring (bicyclic) bond motifs is 8. The second kappa shape index (κ2) is 9.94. The van der Waals surface area contributed by atoms with E-state index >= 15 is 0 Å². The lowest BCUT2D eigenvalue weighted by Gasteiger charge is -2.21. The number of H-pyrrole nitrogens is 1. The van der Waals surface area contributed by atoms with Crippen molar-refractivity contribution < 1.29 is 0 Å². The van der Waals surface area contributed by atoms with Gasteiger partial charge in [0.25, 0.3) is 0 Å². The molecule has 0 saturated heterocycles. The second-order valence-electron chi connectivity index (χ2n) is 14.9. The Morgan fingerprint density at radius 2 is 1.04 bits per heavy atom. The molecule has 13 rings (SSSR count). The van der Waals surface area contributed by atoms with Crippen molar-refractivity contribution in [2.75, 3.05) is 0 Å². The van der Waals surface area contributed by atoms with Crippen LogP contribution in [0.25, 0.3) is 115 Å². The summed E-state index contributed by atoms with van der Waals surface area (Å²) in [6.45, 7) is 0. The zero-order valence-corrected chi connectivity index (χ0v) is 28.7. The molecule has 53 heavy (non-hydrogen) atoms. The number of nitrogens with zero attached hydrogens (tertiary/aromatic N) is 1. The molecule has 9 aromatic carbocycles. The Balaban J connectivity index is 1.22. The third-order valence-corrected chi connectivity index (χ3v) is 12.2. The molecule has 3 aromatic heterocycles. The molecule has 0 unspecified atom stereocenters. The van der Waals surface area contributed by atoms with Gasteiger partial charge in [0.15, 0.2) is 7.28 Å². The smallest absolute Gasteiger partial charge is 0.198 e. The summed E-state index contributed by atoms with van der Waals surface area (Å²) >= 11 is 0. The summed E-state index contributed by atoms with van der Waals surface area (Å²) < 4.78 is 2.64. The molecule has 0 radical (unpaired) electrons. The number of hydrogen-bond donors (Lipinski definition) is 1. The lowest BCUT2D eigenvalue weighted by atomic mass is 9.58. The van der Waals surface area contributed by atoms with E-state index in [0.29, 0.717) is 0 Å². The maximum Gasteiger partial charge on any atom is 0.198 e.